The number of ether oxygens (including phenoxy) is 4. The number of hydrogen-bond donors (Lipinski definition) is 3. The first-order chi connectivity index (χ1) is 21.3. The van der Waals surface area contributed by atoms with Crippen LogP contribution < -0.4 is 46.3 Å². The molecule has 234 valence electrons. The van der Waals surface area contributed by atoms with Crippen molar-refractivity contribution in [2.45, 2.75) is 12.1 Å². The minimum atomic E-state index is -0.690. The van der Waals surface area contributed by atoms with Crippen molar-refractivity contribution in [1.82, 2.24) is 0 Å². The van der Waals surface area contributed by atoms with Gasteiger partial charge in [-0.2, -0.15) is 0 Å². The second-order valence-electron chi connectivity index (χ2n) is 10.5. The maximum atomic E-state index is 6.15. The summed E-state index contributed by atoms with van der Waals surface area (Å²) >= 11 is -0.346. The zero-order valence-corrected chi connectivity index (χ0v) is 30.3. The summed E-state index contributed by atoms with van der Waals surface area (Å²) < 4.78 is 22.7. The molecule has 0 saturated carbocycles. The molecule has 2 heterocycles. The quantitative estimate of drug-likeness (QED) is 0.140. The van der Waals surface area contributed by atoms with Gasteiger partial charge in [0.2, 0.25) is 13.6 Å². The second kappa shape index (κ2) is 17.0. The van der Waals surface area contributed by atoms with Crippen LogP contribution in [0.25, 0.3) is 0 Å². The Morgan fingerprint density at radius 1 is 0.614 bits per heavy atom. The second-order valence-corrected chi connectivity index (χ2v) is 18.2. The molecule has 2 atom stereocenters. The molecule has 7 nitrogen and oxygen atoms in total. The summed E-state index contributed by atoms with van der Waals surface area (Å²) in [5, 5.41) is 6.22. The van der Waals surface area contributed by atoms with E-state index in [4.69, 9.17) is 49.8 Å². The van der Waals surface area contributed by atoms with Crippen LogP contribution in [0, 0.1) is 0 Å². The molecule has 12 heteroatoms. The van der Waals surface area contributed by atoms with Crippen LogP contribution in [0.15, 0.2) is 84.9 Å². The van der Waals surface area contributed by atoms with E-state index in [-0.39, 0.29) is 40.8 Å². The van der Waals surface area contributed by atoms with Crippen LogP contribution in [0.3, 0.4) is 0 Å². The molecule has 2 aliphatic heterocycles. The summed E-state index contributed by atoms with van der Waals surface area (Å²) in [6.45, 7) is 9.63. The number of nitrogens with two attached hydrogens (primary N) is 2. The van der Waals surface area contributed by atoms with Gasteiger partial charge in [-0.3, -0.25) is 0 Å². The van der Waals surface area contributed by atoms with Crippen LogP contribution in [0.2, 0.25) is 0 Å². The van der Waals surface area contributed by atoms with E-state index < -0.39 is 15.8 Å². The van der Waals surface area contributed by atoms with E-state index in [1.165, 1.54) is 10.6 Å². The van der Waals surface area contributed by atoms with Gasteiger partial charge in [-0.25, -0.2) is 0 Å². The Labute approximate surface area is 278 Å². The van der Waals surface area contributed by atoms with Gasteiger partial charge in [0.25, 0.3) is 0 Å². The van der Waals surface area contributed by atoms with Crippen LogP contribution in [0.4, 0.5) is 11.4 Å². The topological polar surface area (TPSA) is 101 Å². The van der Waals surface area contributed by atoms with Gasteiger partial charge in [0.05, 0.1) is 26.7 Å². The summed E-state index contributed by atoms with van der Waals surface area (Å²) in [7, 11) is 8.33. The first-order valence-corrected chi connectivity index (χ1v) is 23.4. The minimum absolute atomic E-state index is 0.163. The van der Waals surface area contributed by atoms with Crippen LogP contribution in [-0.2, 0) is 15.1 Å². The molecule has 2 aliphatic rings. The fraction of sp³-hybridized carbons (Fsp3) is 0.250. The molecular formula is C32H39Cl2N3O4P2Ru+4. The Balaban J connectivity index is 0.000000200. The average molecular weight is 764 g/mol. The summed E-state index contributed by atoms with van der Waals surface area (Å²) in [5.74, 6) is 3.18. The molecule has 44 heavy (non-hydrogen) atoms. The predicted molar refractivity (Wildman–Crippen MR) is 186 cm³/mol. The van der Waals surface area contributed by atoms with Gasteiger partial charge in [0, 0.05) is 27.9 Å². The van der Waals surface area contributed by atoms with Crippen molar-refractivity contribution in [1.29, 1.82) is 0 Å². The number of anilines is 2. The van der Waals surface area contributed by atoms with Gasteiger partial charge < -0.3 is 35.7 Å². The maximum absolute atomic E-state index is 6.15. The molecule has 0 fully saturated rings. The molecule has 0 radical (unpaired) electrons. The molecule has 0 saturated heterocycles. The first-order valence-electron chi connectivity index (χ1n) is 14.0. The molecule has 4 aromatic carbocycles. The van der Waals surface area contributed by atoms with Gasteiger partial charge in [-0.1, -0.05) is 60.7 Å². The SMILES string of the molecule is C[PH+](C)c1ccc2c(c1Nc1c([PH+](C)C)ccc3c1OCO3)OCO2.NC(c1ccccc1)C(N)c1ccccc1.[Cl][Ru+2][Cl]. The Kier molecular flexibility index (Phi) is 13.4. The Bertz CT molecular complexity index is 1390. The Hall–Kier alpha value is -2.14. The van der Waals surface area contributed by atoms with Crippen LogP contribution >= 0.6 is 35.2 Å². The number of benzene rings is 4. The Morgan fingerprint density at radius 3 is 1.32 bits per heavy atom. The molecule has 2 unspecified atom stereocenters. The van der Waals surface area contributed by atoms with Crippen LogP contribution in [0.1, 0.15) is 23.2 Å². The van der Waals surface area contributed by atoms with Crippen molar-refractivity contribution in [3.63, 3.8) is 0 Å². The van der Waals surface area contributed by atoms with Crippen molar-refractivity contribution >= 4 is 57.2 Å². The number of rotatable bonds is 7. The third-order valence-corrected chi connectivity index (χ3v) is 10.1. The number of halogens is 2. The molecule has 0 spiro atoms. The summed E-state index contributed by atoms with van der Waals surface area (Å²) in [4.78, 5) is 0. The molecule has 6 rings (SSSR count). The third kappa shape index (κ3) is 8.56. The number of nitrogens with one attached hydrogen (secondary N) is 1. The zero-order chi connectivity index (χ0) is 31.6. The monoisotopic (exact) mass is 763 g/mol. The fourth-order valence-corrected chi connectivity index (χ4v) is 7.10. The standard InChI is InChI=1S/C18H21NO4P2.C14H16N2.2ClH.Ru/c1-24(2)13-7-5-11-17(22-9-20-11)15(13)19-16-14(25(3)4)8-6-12-18(16)23-10-21-12;15-13(11-7-3-1-4-8-11)14(16)12-9-5-2-6-10-12;;;/h5-8,19H,9-10H2,1-4H3;1-10,13-14H,15-16H2;2*1H;/q;;;;+4. The van der Waals surface area contributed by atoms with Gasteiger partial charge in [0.1, 0.15) is 22.0 Å². The average Bonchev–Trinajstić information content (AvgIpc) is 3.72. The van der Waals surface area contributed by atoms with Gasteiger partial charge >= 0.3 is 34.5 Å². The molecular weight excluding hydrogens is 724 g/mol. The molecule has 4 aromatic rings. The summed E-state index contributed by atoms with van der Waals surface area (Å²) in [5.41, 5.74) is 16.4. The van der Waals surface area contributed by atoms with E-state index in [2.05, 4.69) is 44.1 Å². The molecule has 5 N–H and O–H groups in total. The van der Waals surface area contributed by atoms with E-state index in [9.17, 15) is 0 Å². The van der Waals surface area contributed by atoms with Crippen molar-refractivity contribution in [3.05, 3.63) is 96.1 Å². The predicted octanol–water partition coefficient (Wildman–Crippen LogP) is 6.85. The van der Waals surface area contributed by atoms with Gasteiger partial charge in [-0.15, -0.1) is 0 Å². The van der Waals surface area contributed by atoms with Crippen molar-refractivity contribution in [2.75, 3.05) is 45.6 Å². The fourth-order valence-electron chi connectivity index (χ4n) is 4.92. The van der Waals surface area contributed by atoms with E-state index in [1.54, 1.807) is 0 Å². The number of fused-ring (bicyclic) bond motifs is 2. The van der Waals surface area contributed by atoms with Crippen molar-refractivity contribution in [2.24, 2.45) is 11.5 Å². The van der Waals surface area contributed by atoms with Crippen LogP contribution in [0.5, 0.6) is 23.0 Å². The summed E-state index contributed by atoms with van der Waals surface area (Å²) in [6.07, 6.45) is 0. The zero-order valence-electron chi connectivity index (χ0n) is 25.0. The normalized spacial score (nSPS) is 13.9. The van der Waals surface area contributed by atoms with E-state index >= 15 is 0 Å². The molecule has 0 bridgehead atoms. The van der Waals surface area contributed by atoms with E-state index in [0.29, 0.717) is 0 Å². The number of hydrogen-bond acceptors (Lipinski definition) is 7. The first kappa shape index (κ1) is 34.7. The van der Waals surface area contributed by atoms with E-state index in [1.807, 2.05) is 72.8 Å². The Morgan fingerprint density at radius 2 is 0.977 bits per heavy atom. The molecule has 0 aromatic heterocycles. The summed E-state index contributed by atoms with van der Waals surface area (Å²) in [6, 6.07) is 27.9. The van der Waals surface area contributed by atoms with E-state index in [0.717, 1.165) is 45.5 Å². The van der Waals surface area contributed by atoms with Crippen molar-refractivity contribution in [3.8, 4) is 23.0 Å². The van der Waals surface area contributed by atoms with Crippen molar-refractivity contribution < 1.29 is 34.1 Å². The third-order valence-electron chi connectivity index (χ3n) is 7.16. The molecule has 0 amide bonds. The van der Waals surface area contributed by atoms with Gasteiger partial charge in [0.15, 0.2) is 23.0 Å². The van der Waals surface area contributed by atoms with Crippen LogP contribution in [-0.4, -0.2) is 40.2 Å². The molecule has 0 aliphatic carbocycles. The van der Waals surface area contributed by atoms with Gasteiger partial charge in [-0.05, 0) is 35.4 Å².